The Kier molecular flexibility index (Phi) is 14.3. The molecule has 0 aliphatic rings. The van der Waals surface area contributed by atoms with E-state index in [0.717, 1.165) is 0 Å². The van der Waals surface area contributed by atoms with E-state index in [9.17, 15) is 19.2 Å². The lowest BCUT2D eigenvalue weighted by Gasteiger charge is -2.19. The minimum absolute atomic E-state index is 0.00556. The Morgan fingerprint density at radius 3 is 1.85 bits per heavy atom. The molecule has 12 nitrogen and oxygen atoms in total. The highest BCUT2D eigenvalue weighted by atomic mass is 16.8. The van der Waals surface area contributed by atoms with Gasteiger partial charge in [-0.25, -0.2) is 14.4 Å². The van der Waals surface area contributed by atoms with Crippen LogP contribution in [-0.4, -0.2) is 62.0 Å². The summed E-state index contributed by atoms with van der Waals surface area (Å²) in [5.74, 6) is -0.948. The molecule has 12 heteroatoms. The summed E-state index contributed by atoms with van der Waals surface area (Å²) in [5.41, 5.74) is 6.29. The summed E-state index contributed by atoms with van der Waals surface area (Å²) >= 11 is 0. The number of carbonyl (C=O) groups is 4. The Bertz CT molecular complexity index is 989. The maximum atomic E-state index is 12.5. The van der Waals surface area contributed by atoms with Crippen LogP contribution >= 0.6 is 0 Å². The highest BCUT2D eigenvalue weighted by Gasteiger charge is 2.23. The molecule has 0 bridgehead atoms. The number of benzene rings is 1. The van der Waals surface area contributed by atoms with Crippen LogP contribution in [0, 0.1) is 5.41 Å². The first-order valence-electron chi connectivity index (χ1n) is 13.3. The lowest BCUT2D eigenvalue weighted by Crippen LogP contribution is -2.37. The van der Waals surface area contributed by atoms with Crippen molar-refractivity contribution in [2.75, 3.05) is 13.2 Å². The Hall–Kier alpha value is -3.54. The molecule has 1 aromatic carbocycles. The molecule has 1 rings (SSSR count). The molecule has 0 aliphatic heterocycles. The van der Waals surface area contributed by atoms with Gasteiger partial charge in [0.25, 0.3) is 0 Å². The maximum Gasteiger partial charge on any atom is 0.514 e. The molecular weight excluding hydrogens is 526 g/mol. The van der Waals surface area contributed by atoms with Gasteiger partial charge in [-0.3, -0.25) is 4.79 Å². The van der Waals surface area contributed by atoms with Crippen LogP contribution < -0.4 is 15.2 Å². The number of nitrogens with two attached hydrogens (primary N) is 1. The van der Waals surface area contributed by atoms with E-state index in [1.165, 1.54) is 12.1 Å². The van der Waals surface area contributed by atoms with Crippen LogP contribution in [0.15, 0.2) is 18.2 Å². The van der Waals surface area contributed by atoms with Crippen molar-refractivity contribution in [1.29, 1.82) is 0 Å². The quantitative estimate of drug-likeness (QED) is 0.185. The minimum atomic E-state index is -1.10. The monoisotopic (exact) mass is 569 g/mol. The number of rotatable bonds is 13. The highest BCUT2D eigenvalue weighted by Crippen LogP contribution is 2.30. The van der Waals surface area contributed by atoms with E-state index in [1.807, 2.05) is 34.6 Å². The fraction of sp³-hybridized carbons (Fsp3) is 0.643. The van der Waals surface area contributed by atoms with Gasteiger partial charge in [-0.05, 0) is 63.1 Å². The Morgan fingerprint density at radius 2 is 1.32 bits per heavy atom. The van der Waals surface area contributed by atoms with Gasteiger partial charge in [0.15, 0.2) is 11.5 Å². The number of hydrogen-bond donors (Lipinski definition) is 1. The van der Waals surface area contributed by atoms with Crippen molar-refractivity contribution in [1.82, 2.24) is 0 Å². The van der Waals surface area contributed by atoms with Gasteiger partial charge in [0.05, 0.1) is 6.61 Å². The Morgan fingerprint density at radius 1 is 0.775 bits per heavy atom. The molecule has 1 aromatic rings. The van der Waals surface area contributed by atoms with E-state index < -0.39 is 42.7 Å². The van der Waals surface area contributed by atoms with E-state index in [2.05, 4.69) is 0 Å². The standard InChI is InChI=1S/C28H43NO11/c1-9-17(3)37-26(32)39-22-12-11-20(14-23(22)40-27(33)38-18(4)10-2)13-21(29)24(30)36-19(5)15-34-25(31)35-16-28(6,7)8/h11-12,14,17-19,21H,9-10,13,15-16,29H2,1-8H3/t17?,18?,19-,21-/m0/s1. The third-order valence-electron chi connectivity index (χ3n) is 5.27. The molecule has 0 fully saturated rings. The smallest absolute Gasteiger partial charge is 0.458 e. The van der Waals surface area contributed by atoms with Gasteiger partial charge in [-0.15, -0.1) is 0 Å². The number of ether oxygens (including phenoxy) is 7. The molecule has 0 radical (unpaired) electrons. The average Bonchev–Trinajstić information content (AvgIpc) is 2.86. The molecule has 0 aromatic heterocycles. The first kappa shape index (κ1) is 34.5. The number of carbonyl (C=O) groups excluding carboxylic acids is 4. The second-order valence-corrected chi connectivity index (χ2v) is 10.6. The van der Waals surface area contributed by atoms with Crippen molar-refractivity contribution in [2.45, 2.75) is 99.0 Å². The van der Waals surface area contributed by atoms with E-state index >= 15 is 0 Å². The summed E-state index contributed by atoms with van der Waals surface area (Å²) in [7, 11) is 0. The zero-order valence-electron chi connectivity index (χ0n) is 24.6. The molecule has 40 heavy (non-hydrogen) atoms. The Balaban J connectivity index is 2.85. The topological polar surface area (TPSA) is 159 Å². The van der Waals surface area contributed by atoms with Crippen LogP contribution in [0.3, 0.4) is 0 Å². The zero-order valence-corrected chi connectivity index (χ0v) is 24.6. The average molecular weight is 570 g/mol. The van der Waals surface area contributed by atoms with E-state index in [4.69, 9.17) is 38.9 Å². The van der Waals surface area contributed by atoms with E-state index in [0.29, 0.717) is 18.4 Å². The van der Waals surface area contributed by atoms with Gasteiger partial charge in [0.1, 0.15) is 31.0 Å². The Labute approximate surface area is 235 Å². The second-order valence-electron chi connectivity index (χ2n) is 10.6. The van der Waals surface area contributed by atoms with Crippen molar-refractivity contribution < 1.29 is 52.3 Å². The molecule has 0 amide bonds. The van der Waals surface area contributed by atoms with Gasteiger partial charge in [0, 0.05) is 0 Å². The second kappa shape index (κ2) is 16.5. The molecular formula is C28H43NO11. The van der Waals surface area contributed by atoms with Crippen LogP contribution in [0.2, 0.25) is 0 Å². The maximum absolute atomic E-state index is 12.5. The largest absolute Gasteiger partial charge is 0.514 e. The molecule has 2 N–H and O–H groups in total. The fourth-order valence-electron chi connectivity index (χ4n) is 2.73. The summed E-state index contributed by atoms with van der Waals surface area (Å²) in [6.07, 6.45) is -3.24. The number of hydrogen-bond acceptors (Lipinski definition) is 12. The first-order chi connectivity index (χ1) is 18.6. The molecule has 0 saturated carbocycles. The highest BCUT2D eigenvalue weighted by molar-refractivity contribution is 5.76. The summed E-state index contributed by atoms with van der Waals surface area (Å²) in [5, 5.41) is 0. The van der Waals surface area contributed by atoms with Crippen molar-refractivity contribution in [3.63, 3.8) is 0 Å². The lowest BCUT2D eigenvalue weighted by atomic mass is 9.99. The third-order valence-corrected chi connectivity index (χ3v) is 5.27. The summed E-state index contributed by atoms with van der Waals surface area (Å²) in [6, 6.07) is 3.23. The van der Waals surface area contributed by atoms with Gasteiger partial charge in [0.2, 0.25) is 0 Å². The summed E-state index contributed by atoms with van der Waals surface area (Å²) in [6.45, 7) is 14.3. The van der Waals surface area contributed by atoms with Gasteiger partial charge < -0.3 is 38.9 Å². The summed E-state index contributed by atoms with van der Waals surface area (Å²) in [4.78, 5) is 48.6. The molecule has 226 valence electrons. The molecule has 0 spiro atoms. The lowest BCUT2D eigenvalue weighted by molar-refractivity contribution is -0.152. The predicted molar refractivity (Wildman–Crippen MR) is 144 cm³/mol. The molecule has 0 heterocycles. The van der Waals surface area contributed by atoms with Crippen LogP contribution in [0.25, 0.3) is 0 Å². The minimum Gasteiger partial charge on any atom is -0.458 e. The molecule has 0 saturated heterocycles. The predicted octanol–water partition coefficient (Wildman–Crippen LogP) is 5.32. The van der Waals surface area contributed by atoms with Crippen molar-refractivity contribution >= 4 is 24.4 Å². The van der Waals surface area contributed by atoms with Crippen LogP contribution in [0.4, 0.5) is 14.4 Å². The fourth-order valence-corrected chi connectivity index (χ4v) is 2.73. The van der Waals surface area contributed by atoms with Gasteiger partial charge in [-0.2, -0.15) is 0 Å². The molecule has 4 atom stereocenters. The van der Waals surface area contributed by atoms with E-state index in [-0.39, 0.29) is 42.7 Å². The normalized spacial score (nSPS) is 14.1. The summed E-state index contributed by atoms with van der Waals surface area (Å²) < 4.78 is 36.0. The zero-order chi connectivity index (χ0) is 30.5. The molecule has 2 unspecified atom stereocenters. The van der Waals surface area contributed by atoms with Gasteiger partial charge in [-0.1, -0.05) is 40.7 Å². The van der Waals surface area contributed by atoms with Crippen LogP contribution in [0.5, 0.6) is 11.5 Å². The first-order valence-corrected chi connectivity index (χ1v) is 13.3. The third kappa shape index (κ3) is 14.0. The number of esters is 1. The van der Waals surface area contributed by atoms with Crippen molar-refractivity contribution in [3.05, 3.63) is 23.8 Å². The van der Waals surface area contributed by atoms with Crippen molar-refractivity contribution in [2.24, 2.45) is 11.1 Å². The van der Waals surface area contributed by atoms with Gasteiger partial charge >= 0.3 is 24.4 Å². The van der Waals surface area contributed by atoms with Crippen molar-refractivity contribution in [3.8, 4) is 11.5 Å². The molecule has 0 aliphatic carbocycles. The van der Waals surface area contributed by atoms with Crippen LogP contribution in [-0.2, 0) is 34.9 Å². The van der Waals surface area contributed by atoms with E-state index in [1.54, 1.807) is 26.8 Å². The SMILES string of the molecule is CCC(C)OC(=O)Oc1ccc(C[C@H](N)C(=O)O[C@@H](C)COC(=O)OCC(C)(C)C)cc1OC(=O)OC(C)CC. The van der Waals surface area contributed by atoms with Crippen LogP contribution in [0.1, 0.15) is 73.8 Å².